The molecule has 0 saturated carbocycles. The van der Waals surface area contributed by atoms with Crippen molar-refractivity contribution in [2.75, 3.05) is 26.7 Å². The lowest BCUT2D eigenvalue weighted by molar-refractivity contribution is -0.121. The molecule has 1 aliphatic rings. The van der Waals surface area contributed by atoms with Crippen molar-refractivity contribution in [2.24, 2.45) is 5.92 Å². The molecule has 0 spiro atoms. The molecule has 1 saturated heterocycles. The average Bonchev–Trinajstić information content (AvgIpc) is 2.94. The van der Waals surface area contributed by atoms with Crippen molar-refractivity contribution in [3.8, 4) is 0 Å². The molecule has 1 fully saturated rings. The van der Waals surface area contributed by atoms with Crippen molar-refractivity contribution >= 4 is 16.8 Å². The zero-order valence-electron chi connectivity index (χ0n) is 12.4. The van der Waals surface area contributed by atoms with E-state index < -0.39 is 0 Å². The number of likely N-dealkylation sites (N-methyl/N-ethyl adjacent to an activating group) is 1. The van der Waals surface area contributed by atoms with Crippen LogP contribution in [0.25, 0.3) is 10.9 Å². The highest BCUT2D eigenvalue weighted by Gasteiger charge is 2.24. The van der Waals surface area contributed by atoms with Gasteiger partial charge in [0.25, 0.3) is 0 Å². The zero-order chi connectivity index (χ0) is 14.7. The van der Waals surface area contributed by atoms with Crippen LogP contribution in [0.5, 0.6) is 0 Å². The Morgan fingerprint density at radius 3 is 3.10 bits per heavy atom. The Morgan fingerprint density at radius 1 is 1.38 bits per heavy atom. The average molecular weight is 283 g/mol. The number of fused-ring (bicyclic) bond motifs is 1. The summed E-state index contributed by atoms with van der Waals surface area (Å²) in [5.41, 5.74) is 2.43. The second-order valence-electron chi connectivity index (χ2n) is 5.75. The first-order valence-corrected chi connectivity index (χ1v) is 7.52. The van der Waals surface area contributed by atoms with E-state index in [0.717, 1.165) is 31.4 Å². The summed E-state index contributed by atoms with van der Waals surface area (Å²) in [7, 11) is 1.69. The third kappa shape index (κ3) is 3.22. The molecule has 1 amide bonds. The summed E-state index contributed by atoms with van der Waals surface area (Å²) in [5.74, 6) is 0.727. The first kappa shape index (κ1) is 14.0. The van der Waals surface area contributed by atoms with Crippen LogP contribution in [0.1, 0.15) is 12.0 Å². The largest absolute Gasteiger partial charge is 0.358 e. The normalized spacial score (nSPS) is 19.0. The molecule has 4 heteroatoms. The number of amides is 1. The maximum atomic E-state index is 11.4. The number of pyridine rings is 1. The molecule has 0 radical (unpaired) electrons. The summed E-state index contributed by atoms with van der Waals surface area (Å²) in [4.78, 5) is 18.1. The van der Waals surface area contributed by atoms with Crippen LogP contribution in [0.2, 0.25) is 0 Å². The van der Waals surface area contributed by atoms with Crippen molar-refractivity contribution in [3.63, 3.8) is 0 Å². The van der Waals surface area contributed by atoms with Crippen LogP contribution in [0.3, 0.4) is 0 Å². The predicted molar refractivity (Wildman–Crippen MR) is 84.1 cm³/mol. The van der Waals surface area contributed by atoms with Gasteiger partial charge < -0.3 is 5.32 Å². The Morgan fingerprint density at radius 2 is 2.24 bits per heavy atom. The Labute approximate surface area is 125 Å². The minimum Gasteiger partial charge on any atom is -0.358 e. The third-order valence-electron chi connectivity index (χ3n) is 4.26. The summed E-state index contributed by atoms with van der Waals surface area (Å²) >= 11 is 0. The van der Waals surface area contributed by atoms with Gasteiger partial charge in [-0.15, -0.1) is 0 Å². The molecule has 1 aromatic carbocycles. The van der Waals surface area contributed by atoms with Crippen LogP contribution in [-0.2, 0) is 11.2 Å². The first-order chi connectivity index (χ1) is 10.3. The Hall–Kier alpha value is -1.94. The minimum absolute atomic E-state index is 0.102. The van der Waals surface area contributed by atoms with Gasteiger partial charge in [-0.25, -0.2) is 0 Å². The zero-order valence-corrected chi connectivity index (χ0v) is 12.4. The molecule has 1 N–H and O–H groups in total. The number of benzene rings is 1. The van der Waals surface area contributed by atoms with Gasteiger partial charge in [0.1, 0.15) is 0 Å². The molecule has 3 rings (SSSR count). The quantitative estimate of drug-likeness (QED) is 0.931. The summed E-state index contributed by atoms with van der Waals surface area (Å²) in [5, 5.41) is 3.95. The lowest BCUT2D eigenvalue weighted by atomic mass is 9.96. The SMILES string of the molecule is CNC(=O)CN1CC[C@@H](Cc2ccnc3ccccc23)C1. The predicted octanol–water partition coefficient (Wildman–Crippen LogP) is 1.85. The molecular weight excluding hydrogens is 262 g/mol. The molecule has 1 aromatic heterocycles. The van der Waals surface area contributed by atoms with E-state index in [1.807, 2.05) is 12.3 Å². The molecule has 1 atom stereocenters. The van der Waals surface area contributed by atoms with E-state index in [0.29, 0.717) is 12.5 Å². The number of hydrogen-bond acceptors (Lipinski definition) is 3. The van der Waals surface area contributed by atoms with Crippen LogP contribution >= 0.6 is 0 Å². The van der Waals surface area contributed by atoms with Crippen molar-refractivity contribution in [2.45, 2.75) is 12.8 Å². The van der Waals surface area contributed by atoms with E-state index in [1.165, 1.54) is 10.9 Å². The van der Waals surface area contributed by atoms with E-state index in [4.69, 9.17) is 0 Å². The summed E-state index contributed by atoms with van der Waals surface area (Å²) in [6, 6.07) is 10.4. The molecule has 4 nitrogen and oxygen atoms in total. The van der Waals surface area contributed by atoms with Gasteiger partial charge in [0.15, 0.2) is 0 Å². The maximum absolute atomic E-state index is 11.4. The van der Waals surface area contributed by atoms with E-state index in [1.54, 1.807) is 7.05 Å². The lowest BCUT2D eigenvalue weighted by Gasteiger charge is -2.15. The van der Waals surface area contributed by atoms with E-state index >= 15 is 0 Å². The molecule has 0 aliphatic carbocycles. The Balaban J connectivity index is 1.68. The van der Waals surface area contributed by atoms with E-state index in [-0.39, 0.29) is 5.91 Å². The topological polar surface area (TPSA) is 45.2 Å². The number of carbonyl (C=O) groups excluding carboxylic acids is 1. The summed E-state index contributed by atoms with van der Waals surface area (Å²) in [6.07, 6.45) is 4.12. The fourth-order valence-corrected chi connectivity index (χ4v) is 3.15. The minimum atomic E-state index is 0.102. The lowest BCUT2D eigenvalue weighted by Crippen LogP contribution is -2.34. The number of rotatable bonds is 4. The van der Waals surface area contributed by atoms with Gasteiger partial charge >= 0.3 is 0 Å². The number of hydrogen-bond donors (Lipinski definition) is 1. The number of para-hydroxylation sites is 1. The highest BCUT2D eigenvalue weighted by molar-refractivity contribution is 5.81. The second-order valence-corrected chi connectivity index (χ2v) is 5.75. The molecular formula is C17H21N3O. The molecule has 1 aliphatic heterocycles. The van der Waals surface area contributed by atoms with Gasteiger partial charge in [-0.05, 0) is 43.0 Å². The van der Waals surface area contributed by atoms with Crippen molar-refractivity contribution in [3.05, 3.63) is 42.1 Å². The number of nitrogens with one attached hydrogen (secondary N) is 1. The number of nitrogens with zero attached hydrogens (tertiary/aromatic N) is 2. The van der Waals surface area contributed by atoms with Gasteiger partial charge in [-0.3, -0.25) is 14.7 Å². The number of likely N-dealkylation sites (tertiary alicyclic amines) is 1. The molecule has 2 heterocycles. The summed E-state index contributed by atoms with van der Waals surface area (Å²) < 4.78 is 0. The molecule has 110 valence electrons. The monoisotopic (exact) mass is 283 g/mol. The van der Waals surface area contributed by atoms with Crippen LogP contribution in [0.15, 0.2) is 36.5 Å². The molecule has 21 heavy (non-hydrogen) atoms. The van der Waals surface area contributed by atoms with Crippen molar-refractivity contribution < 1.29 is 4.79 Å². The van der Waals surface area contributed by atoms with E-state index in [2.05, 4.69) is 39.5 Å². The maximum Gasteiger partial charge on any atom is 0.233 e. The van der Waals surface area contributed by atoms with Crippen molar-refractivity contribution in [1.82, 2.24) is 15.2 Å². The number of carbonyl (C=O) groups is 1. The fraction of sp³-hybridized carbons (Fsp3) is 0.412. The summed E-state index contributed by atoms with van der Waals surface area (Å²) in [6.45, 7) is 2.54. The van der Waals surface area contributed by atoms with Crippen LogP contribution in [0, 0.1) is 5.92 Å². The number of aromatic nitrogens is 1. The van der Waals surface area contributed by atoms with Gasteiger partial charge in [0, 0.05) is 25.2 Å². The van der Waals surface area contributed by atoms with Crippen LogP contribution < -0.4 is 5.32 Å². The second kappa shape index (κ2) is 6.22. The molecule has 0 unspecified atom stereocenters. The van der Waals surface area contributed by atoms with Crippen LogP contribution in [-0.4, -0.2) is 42.5 Å². The van der Waals surface area contributed by atoms with Crippen LogP contribution in [0.4, 0.5) is 0 Å². The smallest absolute Gasteiger partial charge is 0.233 e. The van der Waals surface area contributed by atoms with Crippen molar-refractivity contribution in [1.29, 1.82) is 0 Å². The first-order valence-electron chi connectivity index (χ1n) is 7.52. The third-order valence-corrected chi connectivity index (χ3v) is 4.26. The standard InChI is InChI=1S/C17H21N3O/c1-18-17(21)12-20-9-7-13(11-20)10-14-6-8-19-16-5-3-2-4-15(14)16/h2-6,8,13H,7,9-12H2,1H3,(H,18,21)/t13-/m0/s1. The van der Waals surface area contributed by atoms with Gasteiger partial charge in [0.05, 0.1) is 12.1 Å². The fourth-order valence-electron chi connectivity index (χ4n) is 3.15. The molecule has 0 bridgehead atoms. The Kier molecular flexibility index (Phi) is 4.15. The molecule has 2 aromatic rings. The highest BCUT2D eigenvalue weighted by atomic mass is 16.1. The van der Waals surface area contributed by atoms with Gasteiger partial charge in [0.2, 0.25) is 5.91 Å². The van der Waals surface area contributed by atoms with E-state index in [9.17, 15) is 4.79 Å². The highest BCUT2D eigenvalue weighted by Crippen LogP contribution is 2.24. The Bertz CT molecular complexity index is 635. The van der Waals surface area contributed by atoms with Gasteiger partial charge in [-0.2, -0.15) is 0 Å². The van der Waals surface area contributed by atoms with Gasteiger partial charge in [-0.1, -0.05) is 18.2 Å².